The Morgan fingerprint density at radius 1 is 1.25 bits per heavy atom. The van der Waals surface area contributed by atoms with Gasteiger partial charge in [-0.05, 0) is 68.1 Å². The zero-order valence-corrected chi connectivity index (χ0v) is 14.8. The molecule has 0 saturated heterocycles. The van der Waals surface area contributed by atoms with Crippen LogP contribution in [0.25, 0.3) is 0 Å². The largest absolute Gasteiger partial charge is 0.393 e. The molecule has 0 aromatic heterocycles. The molecule has 0 spiro atoms. The highest BCUT2D eigenvalue weighted by atomic mass is 16.3. The molecule has 0 aliphatic heterocycles. The number of aliphatic hydroxyl groups is 3. The lowest BCUT2D eigenvalue weighted by atomic mass is 9.50. The van der Waals surface area contributed by atoms with E-state index in [9.17, 15) is 15.3 Å². The average Bonchev–Trinajstić information content (AvgIpc) is 2.75. The van der Waals surface area contributed by atoms with Crippen molar-refractivity contribution < 1.29 is 15.3 Å². The highest BCUT2D eigenvalue weighted by Crippen LogP contribution is 2.65. The fraction of sp³-hybridized carbons (Fsp3) is 0.810. The van der Waals surface area contributed by atoms with Gasteiger partial charge in [-0.1, -0.05) is 31.4 Å². The first-order chi connectivity index (χ1) is 11.3. The lowest BCUT2D eigenvalue weighted by molar-refractivity contribution is -0.113. The van der Waals surface area contributed by atoms with E-state index in [4.69, 9.17) is 6.42 Å². The molecule has 0 radical (unpaired) electrons. The van der Waals surface area contributed by atoms with Crippen molar-refractivity contribution in [1.29, 1.82) is 0 Å². The minimum absolute atomic E-state index is 0.0713. The summed E-state index contributed by atoms with van der Waals surface area (Å²) in [7, 11) is 0. The van der Waals surface area contributed by atoms with Crippen LogP contribution in [0.3, 0.4) is 0 Å². The Labute approximate surface area is 145 Å². The maximum atomic E-state index is 11.2. The van der Waals surface area contributed by atoms with Crippen molar-refractivity contribution >= 4 is 0 Å². The molecule has 24 heavy (non-hydrogen) atoms. The summed E-state index contributed by atoms with van der Waals surface area (Å²) in [4.78, 5) is 0. The highest BCUT2D eigenvalue weighted by molar-refractivity contribution is 5.29. The Hall–Kier alpha value is -0.820. The summed E-state index contributed by atoms with van der Waals surface area (Å²) in [6.07, 6.45) is 12.5. The van der Waals surface area contributed by atoms with E-state index < -0.39 is 11.7 Å². The molecule has 3 fully saturated rings. The van der Waals surface area contributed by atoms with Crippen LogP contribution in [-0.4, -0.2) is 33.1 Å². The fourth-order valence-corrected chi connectivity index (χ4v) is 6.93. The molecule has 3 unspecified atom stereocenters. The first kappa shape index (κ1) is 16.6. The van der Waals surface area contributed by atoms with E-state index in [-0.39, 0.29) is 29.3 Å². The van der Waals surface area contributed by atoms with Gasteiger partial charge in [0, 0.05) is 5.41 Å². The Balaban J connectivity index is 1.72. The van der Waals surface area contributed by atoms with Crippen molar-refractivity contribution in [2.45, 2.75) is 70.2 Å². The van der Waals surface area contributed by atoms with E-state index in [1.54, 1.807) is 0 Å². The van der Waals surface area contributed by atoms with Gasteiger partial charge in [-0.25, -0.2) is 0 Å². The average molecular weight is 330 g/mol. The predicted octanol–water partition coefficient (Wildman–Crippen LogP) is 2.50. The van der Waals surface area contributed by atoms with Crippen LogP contribution in [-0.2, 0) is 0 Å². The zero-order chi connectivity index (χ0) is 17.3. The second-order valence-electron chi connectivity index (χ2n) is 9.13. The maximum absolute atomic E-state index is 11.2. The Morgan fingerprint density at radius 2 is 2.00 bits per heavy atom. The topological polar surface area (TPSA) is 60.7 Å². The monoisotopic (exact) mass is 330 g/mol. The molecule has 0 aromatic rings. The summed E-state index contributed by atoms with van der Waals surface area (Å²) in [6, 6.07) is 0. The minimum Gasteiger partial charge on any atom is -0.393 e. The van der Waals surface area contributed by atoms with Crippen molar-refractivity contribution in [2.24, 2.45) is 35.0 Å². The molecular formula is C21H30O3. The molecule has 4 aliphatic carbocycles. The van der Waals surface area contributed by atoms with E-state index in [1.807, 2.05) is 6.08 Å². The van der Waals surface area contributed by atoms with Crippen LogP contribution in [0.5, 0.6) is 0 Å². The third-order valence-corrected chi connectivity index (χ3v) is 8.24. The Kier molecular flexibility index (Phi) is 3.70. The van der Waals surface area contributed by atoms with E-state index >= 15 is 0 Å². The number of hydrogen-bond donors (Lipinski definition) is 3. The molecule has 0 aromatic carbocycles. The van der Waals surface area contributed by atoms with Gasteiger partial charge >= 0.3 is 0 Å². The number of rotatable bonds is 0. The Bertz CT molecular complexity index is 605. The van der Waals surface area contributed by atoms with E-state index in [0.717, 1.165) is 38.5 Å². The van der Waals surface area contributed by atoms with Crippen molar-refractivity contribution in [1.82, 2.24) is 0 Å². The van der Waals surface area contributed by atoms with Gasteiger partial charge in [0.05, 0.1) is 12.2 Å². The van der Waals surface area contributed by atoms with Gasteiger partial charge in [0.15, 0.2) is 0 Å². The van der Waals surface area contributed by atoms with Gasteiger partial charge < -0.3 is 15.3 Å². The van der Waals surface area contributed by atoms with E-state index in [0.29, 0.717) is 11.8 Å². The normalized spacial score (nSPS) is 56.5. The number of fused-ring (bicyclic) bond motifs is 5. The summed E-state index contributed by atoms with van der Waals surface area (Å²) in [6.45, 7) is 4.21. The lowest BCUT2D eigenvalue weighted by Gasteiger charge is -2.55. The second kappa shape index (κ2) is 5.34. The van der Waals surface area contributed by atoms with Crippen LogP contribution in [0.1, 0.15) is 52.4 Å². The van der Waals surface area contributed by atoms with Crippen LogP contribution >= 0.6 is 0 Å². The molecule has 132 valence electrons. The SMILES string of the molecule is C#C[C@]1(O)[C@H](C)CC2C3C(CC[C@@]21C)[C@H]1CC[C@@H](O)CC1=C[C@@H]3O. The fourth-order valence-electron chi connectivity index (χ4n) is 6.93. The molecule has 0 amide bonds. The Morgan fingerprint density at radius 3 is 2.71 bits per heavy atom. The third kappa shape index (κ3) is 1.97. The molecule has 3 nitrogen and oxygen atoms in total. The van der Waals surface area contributed by atoms with Crippen LogP contribution < -0.4 is 0 Å². The molecular weight excluding hydrogens is 300 g/mol. The predicted molar refractivity (Wildman–Crippen MR) is 92.8 cm³/mol. The highest BCUT2D eigenvalue weighted by Gasteiger charge is 2.65. The summed E-state index contributed by atoms with van der Waals surface area (Å²) < 4.78 is 0. The molecule has 4 aliphatic rings. The van der Waals surface area contributed by atoms with Gasteiger partial charge in [-0.2, -0.15) is 0 Å². The maximum Gasteiger partial charge on any atom is 0.133 e. The van der Waals surface area contributed by atoms with Gasteiger partial charge in [0.2, 0.25) is 0 Å². The third-order valence-electron chi connectivity index (χ3n) is 8.24. The van der Waals surface area contributed by atoms with Crippen molar-refractivity contribution in [2.75, 3.05) is 0 Å². The van der Waals surface area contributed by atoms with Gasteiger partial charge in [-0.15, -0.1) is 6.42 Å². The molecule has 0 heterocycles. The van der Waals surface area contributed by atoms with Crippen LogP contribution in [0, 0.1) is 47.3 Å². The molecule has 3 N–H and O–H groups in total. The van der Waals surface area contributed by atoms with Gasteiger partial charge in [0.1, 0.15) is 5.60 Å². The first-order valence-electron chi connectivity index (χ1n) is 9.58. The first-order valence-corrected chi connectivity index (χ1v) is 9.58. The molecule has 0 bridgehead atoms. The summed E-state index contributed by atoms with van der Waals surface area (Å²) in [5.74, 6) is 4.23. The van der Waals surface area contributed by atoms with Crippen molar-refractivity contribution in [3.8, 4) is 12.3 Å². The zero-order valence-electron chi connectivity index (χ0n) is 14.8. The minimum atomic E-state index is -1.06. The van der Waals surface area contributed by atoms with Crippen LogP contribution in [0.4, 0.5) is 0 Å². The molecule has 3 saturated carbocycles. The number of aliphatic hydroxyl groups excluding tert-OH is 2. The van der Waals surface area contributed by atoms with Gasteiger partial charge in [-0.3, -0.25) is 0 Å². The molecule has 3 heteroatoms. The molecule has 9 atom stereocenters. The second-order valence-corrected chi connectivity index (χ2v) is 9.13. The van der Waals surface area contributed by atoms with Crippen LogP contribution in [0.15, 0.2) is 11.6 Å². The summed E-state index contributed by atoms with van der Waals surface area (Å²) in [5.41, 5.74) is -0.0952. The number of hydrogen-bond acceptors (Lipinski definition) is 3. The quantitative estimate of drug-likeness (QED) is 0.472. The standard InChI is InChI=1S/C21H30O3/c1-4-21(24)12(2)9-17-19-16(7-8-20(17,21)3)15-6-5-14(22)10-13(15)11-18(19)23/h1,11-12,14-19,22-24H,5-10H2,2-3H3/t12-,14-,15+,16?,17?,18+,19?,20+,21+/m1/s1. The van der Waals surface area contributed by atoms with Crippen molar-refractivity contribution in [3.05, 3.63) is 11.6 Å². The summed E-state index contributed by atoms with van der Waals surface area (Å²) in [5, 5.41) is 32.1. The number of terminal acetylenes is 1. The van der Waals surface area contributed by atoms with E-state index in [1.165, 1.54) is 5.57 Å². The van der Waals surface area contributed by atoms with E-state index in [2.05, 4.69) is 19.8 Å². The summed E-state index contributed by atoms with van der Waals surface area (Å²) >= 11 is 0. The van der Waals surface area contributed by atoms with Crippen LogP contribution in [0.2, 0.25) is 0 Å². The lowest BCUT2D eigenvalue weighted by Crippen LogP contribution is -2.55. The smallest absolute Gasteiger partial charge is 0.133 e. The molecule has 4 rings (SSSR count). The van der Waals surface area contributed by atoms with Crippen molar-refractivity contribution in [3.63, 3.8) is 0 Å². The van der Waals surface area contributed by atoms with Gasteiger partial charge in [0.25, 0.3) is 0 Å².